The second-order valence-electron chi connectivity index (χ2n) is 5.58. The number of nitrogens with two attached hydrogens (primary N) is 1. The van der Waals surface area contributed by atoms with Crippen LogP contribution in [0.4, 0.5) is 5.82 Å². The summed E-state index contributed by atoms with van der Waals surface area (Å²) >= 11 is 0. The molecule has 0 atom stereocenters. The molecule has 108 valence electrons. The Morgan fingerprint density at radius 1 is 1.53 bits per heavy atom. The van der Waals surface area contributed by atoms with Gasteiger partial charge in [-0.25, -0.2) is 13.1 Å². The molecule has 0 aromatic carbocycles. The maximum absolute atomic E-state index is 12.2. The monoisotopic (exact) mass is 286 g/mol. The highest BCUT2D eigenvalue weighted by Gasteiger charge is 2.45. The summed E-state index contributed by atoms with van der Waals surface area (Å²) in [5.74, 6) is 0.537. The van der Waals surface area contributed by atoms with E-state index in [9.17, 15) is 8.42 Å². The fourth-order valence-electron chi connectivity index (χ4n) is 2.22. The third-order valence-corrected chi connectivity index (χ3v) is 5.52. The molecule has 1 aromatic rings. The van der Waals surface area contributed by atoms with Crippen LogP contribution in [0, 0.1) is 11.3 Å². The van der Waals surface area contributed by atoms with Gasteiger partial charge in [0.1, 0.15) is 4.90 Å². The van der Waals surface area contributed by atoms with Gasteiger partial charge in [-0.3, -0.25) is 4.68 Å². The average Bonchev–Trinajstić information content (AvgIpc) is 3.04. The molecule has 1 fully saturated rings. The molecule has 0 unspecified atom stereocenters. The van der Waals surface area contributed by atoms with Crippen LogP contribution in [-0.4, -0.2) is 24.7 Å². The van der Waals surface area contributed by atoms with Crippen LogP contribution >= 0.6 is 0 Å². The van der Waals surface area contributed by atoms with Crippen LogP contribution in [0.3, 0.4) is 0 Å². The maximum Gasteiger partial charge on any atom is 0.245 e. The smallest absolute Gasteiger partial charge is 0.245 e. The van der Waals surface area contributed by atoms with Crippen molar-refractivity contribution in [3.63, 3.8) is 0 Å². The fourth-order valence-corrected chi connectivity index (χ4v) is 3.43. The Balaban J connectivity index is 2.12. The van der Waals surface area contributed by atoms with Crippen LogP contribution in [-0.2, 0) is 16.6 Å². The molecule has 1 aliphatic carbocycles. The zero-order valence-corrected chi connectivity index (χ0v) is 12.5. The predicted octanol–water partition coefficient (Wildman–Crippen LogP) is 1.20. The molecular weight excluding hydrogens is 264 g/mol. The van der Waals surface area contributed by atoms with Crippen LogP contribution in [0.15, 0.2) is 11.1 Å². The number of nitrogens with zero attached hydrogens (tertiary/aromatic N) is 2. The van der Waals surface area contributed by atoms with E-state index in [1.807, 2.05) is 6.92 Å². The van der Waals surface area contributed by atoms with Crippen LogP contribution in [0.2, 0.25) is 0 Å². The molecule has 0 spiro atoms. The van der Waals surface area contributed by atoms with E-state index in [0.29, 0.717) is 19.0 Å². The van der Waals surface area contributed by atoms with Crippen LogP contribution in [0.1, 0.15) is 33.6 Å². The first-order valence-electron chi connectivity index (χ1n) is 6.63. The van der Waals surface area contributed by atoms with Gasteiger partial charge in [-0.1, -0.05) is 13.8 Å². The molecule has 19 heavy (non-hydrogen) atoms. The van der Waals surface area contributed by atoms with Crippen molar-refractivity contribution in [2.75, 3.05) is 12.3 Å². The minimum absolute atomic E-state index is 0.0590. The number of nitrogens with one attached hydrogen (secondary N) is 1. The van der Waals surface area contributed by atoms with Crippen LogP contribution in [0.25, 0.3) is 0 Å². The number of sulfonamides is 1. The first kappa shape index (κ1) is 14.3. The molecule has 7 heteroatoms. The zero-order valence-electron chi connectivity index (χ0n) is 11.7. The highest BCUT2D eigenvalue weighted by molar-refractivity contribution is 7.89. The maximum atomic E-state index is 12.2. The minimum atomic E-state index is -3.57. The van der Waals surface area contributed by atoms with Gasteiger partial charge in [-0.2, -0.15) is 5.10 Å². The molecular formula is C12H22N4O2S. The van der Waals surface area contributed by atoms with Crippen molar-refractivity contribution in [1.29, 1.82) is 0 Å². The molecule has 0 amide bonds. The Hall–Kier alpha value is -1.08. The lowest BCUT2D eigenvalue weighted by Crippen LogP contribution is -2.32. The number of rotatable bonds is 6. The molecule has 3 N–H and O–H groups in total. The molecule has 6 nitrogen and oxygen atoms in total. The summed E-state index contributed by atoms with van der Waals surface area (Å²) in [7, 11) is -3.57. The van der Waals surface area contributed by atoms with Crippen molar-refractivity contribution in [2.24, 2.45) is 11.3 Å². The highest BCUT2D eigenvalue weighted by Crippen LogP contribution is 2.51. The molecule has 0 saturated heterocycles. The van der Waals surface area contributed by atoms with Gasteiger partial charge in [-0.15, -0.1) is 0 Å². The lowest BCUT2D eigenvalue weighted by atomic mass is 9.93. The van der Waals surface area contributed by atoms with Gasteiger partial charge >= 0.3 is 0 Å². The summed E-state index contributed by atoms with van der Waals surface area (Å²) in [5.41, 5.74) is 5.79. The third-order valence-electron chi connectivity index (χ3n) is 4.10. The molecule has 0 radical (unpaired) electrons. The van der Waals surface area contributed by atoms with E-state index < -0.39 is 10.0 Å². The van der Waals surface area contributed by atoms with Gasteiger partial charge in [0, 0.05) is 19.3 Å². The molecule has 1 saturated carbocycles. The van der Waals surface area contributed by atoms with Crippen molar-refractivity contribution < 1.29 is 8.42 Å². The first-order chi connectivity index (χ1) is 8.81. The molecule has 0 bridgehead atoms. The average molecular weight is 286 g/mol. The zero-order chi connectivity index (χ0) is 14.3. The molecule has 2 rings (SSSR count). The lowest BCUT2D eigenvalue weighted by molar-refractivity contribution is 0.357. The minimum Gasteiger partial charge on any atom is -0.381 e. The first-order valence-corrected chi connectivity index (χ1v) is 8.11. The lowest BCUT2D eigenvalue weighted by Gasteiger charge is -2.19. The molecule has 0 aliphatic heterocycles. The van der Waals surface area contributed by atoms with Gasteiger partial charge in [-0.05, 0) is 31.1 Å². The predicted molar refractivity (Wildman–Crippen MR) is 74.0 cm³/mol. The number of aromatic nitrogens is 2. The van der Waals surface area contributed by atoms with Crippen LogP contribution in [0.5, 0.6) is 0 Å². The largest absolute Gasteiger partial charge is 0.381 e. The van der Waals surface area contributed by atoms with E-state index in [1.54, 1.807) is 0 Å². The van der Waals surface area contributed by atoms with Gasteiger partial charge in [0.05, 0.1) is 0 Å². The SMILES string of the molecule is CCn1cc(S(=O)(=O)NCC2(C(C)C)CC2)c(N)n1. The van der Waals surface area contributed by atoms with Crippen molar-refractivity contribution >= 4 is 15.8 Å². The summed E-state index contributed by atoms with van der Waals surface area (Å²) in [5, 5.41) is 3.97. The quantitative estimate of drug-likeness (QED) is 0.822. The van der Waals surface area contributed by atoms with E-state index in [2.05, 4.69) is 23.7 Å². The van der Waals surface area contributed by atoms with Crippen molar-refractivity contribution in [3.05, 3.63) is 6.20 Å². The Kier molecular flexibility index (Phi) is 3.61. The Morgan fingerprint density at radius 3 is 2.58 bits per heavy atom. The summed E-state index contributed by atoms with van der Waals surface area (Å²) < 4.78 is 28.7. The number of anilines is 1. The number of hydrogen-bond donors (Lipinski definition) is 2. The van der Waals surface area contributed by atoms with Gasteiger partial charge in [0.15, 0.2) is 5.82 Å². The standard InChI is InChI=1S/C12H22N4O2S/c1-4-16-7-10(11(13)15-16)19(17,18)14-8-12(5-6-12)9(2)3/h7,9,14H,4-6,8H2,1-3H3,(H2,13,15). The van der Waals surface area contributed by atoms with Gasteiger partial charge in [0.2, 0.25) is 10.0 Å². The second-order valence-corrected chi connectivity index (χ2v) is 7.31. The Bertz CT molecular complexity index is 558. The van der Waals surface area contributed by atoms with E-state index in [-0.39, 0.29) is 16.1 Å². The summed E-state index contributed by atoms with van der Waals surface area (Å²) in [6, 6.07) is 0. The van der Waals surface area contributed by atoms with Crippen molar-refractivity contribution in [3.8, 4) is 0 Å². The topological polar surface area (TPSA) is 90.0 Å². The van der Waals surface area contributed by atoms with Crippen molar-refractivity contribution in [2.45, 2.75) is 45.1 Å². The van der Waals surface area contributed by atoms with Gasteiger partial charge in [0.25, 0.3) is 0 Å². The number of nitrogen functional groups attached to an aromatic ring is 1. The van der Waals surface area contributed by atoms with E-state index in [1.165, 1.54) is 10.9 Å². The highest BCUT2D eigenvalue weighted by atomic mass is 32.2. The van der Waals surface area contributed by atoms with E-state index in [0.717, 1.165) is 12.8 Å². The molecule has 1 aromatic heterocycles. The number of aryl methyl sites for hydroxylation is 1. The van der Waals surface area contributed by atoms with E-state index >= 15 is 0 Å². The summed E-state index contributed by atoms with van der Waals surface area (Å²) in [4.78, 5) is 0.0777. The molecule has 1 heterocycles. The normalized spacial score (nSPS) is 17.9. The van der Waals surface area contributed by atoms with Gasteiger partial charge < -0.3 is 5.73 Å². The van der Waals surface area contributed by atoms with E-state index in [4.69, 9.17) is 5.73 Å². The third kappa shape index (κ3) is 2.76. The summed E-state index contributed by atoms with van der Waals surface area (Å²) in [6.45, 7) is 7.21. The number of hydrogen-bond acceptors (Lipinski definition) is 4. The second kappa shape index (κ2) is 4.79. The Labute approximate surface area is 114 Å². The van der Waals surface area contributed by atoms with Crippen molar-refractivity contribution in [1.82, 2.24) is 14.5 Å². The Morgan fingerprint density at radius 2 is 2.16 bits per heavy atom. The fraction of sp³-hybridized carbons (Fsp3) is 0.750. The molecule has 1 aliphatic rings. The van der Waals surface area contributed by atoms with Crippen LogP contribution < -0.4 is 10.5 Å². The summed E-state index contributed by atoms with van der Waals surface area (Å²) in [6.07, 6.45) is 3.64.